The Morgan fingerprint density at radius 1 is 1.31 bits per heavy atom. The average molecular weight is 217 g/mol. The molecular formula is C12H12FN3. The van der Waals surface area contributed by atoms with Crippen LogP contribution in [0.2, 0.25) is 0 Å². The summed E-state index contributed by atoms with van der Waals surface area (Å²) in [4.78, 5) is 8.50. The van der Waals surface area contributed by atoms with Crippen LogP contribution >= 0.6 is 0 Å². The van der Waals surface area contributed by atoms with E-state index in [1.165, 1.54) is 12.1 Å². The summed E-state index contributed by atoms with van der Waals surface area (Å²) in [6.07, 6.45) is 1.70. The SMILES string of the molecule is CNc1cnc(-c2cccc(F)c2)nc1C. The van der Waals surface area contributed by atoms with E-state index in [0.717, 1.165) is 11.4 Å². The number of nitrogens with one attached hydrogen (secondary N) is 1. The highest BCUT2D eigenvalue weighted by molar-refractivity contribution is 5.57. The molecule has 0 aliphatic rings. The van der Waals surface area contributed by atoms with Gasteiger partial charge >= 0.3 is 0 Å². The molecule has 3 nitrogen and oxygen atoms in total. The van der Waals surface area contributed by atoms with Crippen LogP contribution in [-0.4, -0.2) is 17.0 Å². The Hall–Kier alpha value is -1.97. The summed E-state index contributed by atoms with van der Waals surface area (Å²) in [5, 5.41) is 2.99. The van der Waals surface area contributed by atoms with Gasteiger partial charge in [-0.05, 0) is 19.1 Å². The van der Waals surface area contributed by atoms with Gasteiger partial charge < -0.3 is 5.32 Å². The summed E-state index contributed by atoms with van der Waals surface area (Å²) in [6.45, 7) is 1.89. The third-order valence-corrected chi connectivity index (χ3v) is 2.33. The van der Waals surface area contributed by atoms with Crippen molar-refractivity contribution in [2.45, 2.75) is 6.92 Å². The zero-order valence-electron chi connectivity index (χ0n) is 9.16. The van der Waals surface area contributed by atoms with Crippen LogP contribution in [0.25, 0.3) is 11.4 Å². The first kappa shape index (κ1) is 10.5. The largest absolute Gasteiger partial charge is 0.385 e. The lowest BCUT2D eigenvalue weighted by Gasteiger charge is -2.06. The first-order chi connectivity index (χ1) is 7.70. The molecule has 0 unspecified atom stereocenters. The molecule has 0 fully saturated rings. The summed E-state index contributed by atoms with van der Waals surface area (Å²) in [5.74, 6) is 0.257. The van der Waals surface area contributed by atoms with Crippen LogP contribution in [-0.2, 0) is 0 Å². The molecule has 0 atom stereocenters. The molecule has 82 valence electrons. The van der Waals surface area contributed by atoms with Crippen LogP contribution in [0, 0.1) is 12.7 Å². The lowest BCUT2D eigenvalue weighted by Crippen LogP contribution is -1.98. The highest BCUT2D eigenvalue weighted by atomic mass is 19.1. The number of benzene rings is 1. The van der Waals surface area contributed by atoms with Gasteiger partial charge in [0.05, 0.1) is 17.6 Å². The van der Waals surface area contributed by atoms with E-state index in [0.29, 0.717) is 11.4 Å². The van der Waals surface area contributed by atoms with Crippen molar-refractivity contribution in [3.8, 4) is 11.4 Å². The number of rotatable bonds is 2. The van der Waals surface area contributed by atoms with E-state index < -0.39 is 0 Å². The molecule has 16 heavy (non-hydrogen) atoms. The molecule has 4 heteroatoms. The molecule has 1 heterocycles. The fraction of sp³-hybridized carbons (Fsp3) is 0.167. The predicted octanol–water partition coefficient (Wildman–Crippen LogP) is 2.63. The Balaban J connectivity index is 2.45. The molecule has 1 aromatic carbocycles. The molecule has 0 amide bonds. The standard InChI is InChI=1S/C12H12FN3/c1-8-11(14-2)7-15-12(16-8)9-4-3-5-10(13)6-9/h3-7,14H,1-2H3. The Bertz CT molecular complexity index is 511. The minimum Gasteiger partial charge on any atom is -0.385 e. The van der Waals surface area contributed by atoms with Crippen LogP contribution in [0.3, 0.4) is 0 Å². The maximum Gasteiger partial charge on any atom is 0.159 e. The van der Waals surface area contributed by atoms with Gasteiger partial charge in [0.1, 0.15) is 5.82 Å². The molecule has 1 aromatic heterocycles. The molecule has 2 rings (SSSR count). The maximum atomic E-state index is 13.0. The van der Waals surface area contributed by atoms with Crippen LogP contribution in [0.4, 0.5) is 10.1 Å². The number of nitrogens with zero attached hydrogens (tertiary/aromatic N) is 2. The maximum absolute atomic E-state index is 13.0. The minimum absolute atomic E-state index is 0.281. The zero-order valence-corrected chi connectivity index (χ0v) is 9.16. The third-order valence-electron chi connectivity index (χ3n) is 2.33. The zero-order chi connectivity index (χ0) is 11.5. The van der Waals surface area contributed by atoms with E-state index in [2.05, 4.69) is 15.3 Å². The first-order valence-electron chi connectivity index (χ1n) is 4.98. The first-order valence-corrected chi connectivity index (χ1v) is 4.98. The van der Waals surface area contributed by atoms with Crippen molar-refractivity contribution in [1.82, 2.24) is 9.97 Å². The number of aryl methyl sites for hydroxylation is 1. The molecular weight excluding hydrogens is 205 g/mol. The number of aromatic nitrogens is 2. The van der Waals surface area contributed by atoms with E-state index in [9.17, 15) is 4.39 Å². The number of halogens is 1. The summed E-state index contributed by atoms with van der Waals surface area (Å²) < 4.78 is 13.0. The minimum atomic E-state index is -0.281. The summed E-state index contributed by atoms with van der Waals surface area (Å²) in [6, 6.07) is 6.26. The molecule has 1 N–H and O–H groups in total. The van der Waals surface area contributed by atoms with Gasteiger partial charge in [0, 0.05) is 12.6 Å². The third kappa shape index (κ3) is 2.00. The van der Waals surface area contributed by atoms with Crippen molar-refractivity contribution in [2.24, 2.45) is 0 Å². The average Bonchev–Trinajstić information content (AvgIpc) is 2.29. The number of hydrogen-bond donors (Lipinski definition) is 1. The normalized spacial score (nSPS) is 10.2. The summed E-state index contributed by atoms with van der Waals surface area (Å²) >= 11 is 0. The highest BCUT2D eigenvalue weighted by Crippen LogP contribution is 2.18. The van der Waals surface area contributed by atoms with E-state index >= 15 is 0 Å². The van der Waals surface area contributed by atoms with Gasteiger partial charge in [-0.25, -0.2) is 14.4 Å². The van der Waals surface area contributed by atoms with Gasteiger partial charge in [-0.15, -0.1) is 0 Å². The van der Waals surface area contributed by atoms with E-state index in [4.69, 9.17) is 0 Å². The van der Waals surface area contributed by atoms with Crippen LogP contribution in [0.1, 0.15) is 5.69 Å². The Morgan fingerprint density at radius 2 is 2.12 bits per heavy atom. The van der Waals surface area contributed by atoms with Gasteiger partial charge in [0.2, 0.25) is 0 Å². The molecule has 0 aliphatic heterocycles. The molecule has 0 saturated heterocycles. The molecule has 0 radical (unpaired) electrons. The molecule has 0 bridgehead atoms. The number of hydrogen-bond acceptors (Lipinski definition) is 3. The molecule has 2 aromatic rings. The van der Waals surface area contributed by atoms with E-state index in [1.54, 1.807) is 18.3 Å². The van der Waals surface area contributed by atoms with Crippen molar-refractivity contribution < 1.29 is 4.39 Å². The Kier molecular flexibility index (Phi) is 2.81. The van der Waals surface area contributed by atoms with Gasteiger partial charge in [0.15, 0.2) is 5.82 Å². The van der Waals surface area contributed by atoms with Gasteiger partial charge in [-0.2, -0.15) is 0 Å². The fourth-order valence-electron chi connectivity index (χ4n) is 1.48. The second kappa shape index (κ2) is 4.26. The van der Waals surface area contributed by atoms with Crippen LogP contribution in [0.15, 0.2) is 30.5 Å². The molecule has 0 aliphatic carbocycles. The quantitative estimate of drug-likeness (QED) is 0.840. The summed E-state index contributed by atoms with van der Waals surface area (Å²) in [5.41, 5.74) is 2.41. The van der Waals surface area contributed by atoms with Gasteiger partial charge in [-0.1, -0.05) is 12.1 Å². The summed E-state index contributed by atoms with van der Waals surface area (Å²) in [7, 11) is 1.81. The number of anilines is 1. The fourth-order valence-corrected chi connectivity index (χ4v) is 1.48. The topological polar surface area (TPSA) is 37.8 Å². The second-order valence-corrected chi connectivity index (χ2v) is 3.45. The smallest absolute Gasteiger partial charge is 0.159 e. The molecule has 0 saturated carbocycles. The van der Waals surface area contributed by atoms with Crippen molar-refractivity contribution in [1.29, 1.82) is 0 Å². The monoisotopic (exact) mass is 217 g/mol. The van der Waals surface area contributed by atoms with Gasteiger partial charge in [0.25, 0.3) is 0 Å². The van der Waals surface area contributed by atoms with Crippen molar-refractivity contribution in [2.75, 3.05) is 12.4 Å². The van der Waals surface area contributed by atoms with E-state index in [1.807, 2.05) is 14.0 Å². The lowest BCUT2D eigenvalue weighted by atomic mass is 10.2. The van der Waals surface area contributed by atoms with Crippen molar-refractivity contribution in [3.05, 3.63) is 42.0 Å². The van der Waals surface area contributed by atoms with Crippen molar-refractivity contribution in [3.63, 3.8) is 0 Å². The van der Waals surface area contributed by atoms with Gasteiger partial charge in [-0.3, -0.25) is 0 Å². The highest BCUT2D eigenvalue weighted by Gasteiger charge is 2.05. The Morgan fingerprint density at radius 3 is 2.75 bits per heavy atom. The molecule has 0 spiro atoms. The van der Waals surface area contributed by atoms with E-state index in [-0.39, 0.29) is 5.82 Å². The Labute approximate surface area is 93.4 Å². The lowest BCUT2D eigenvalue weighted by molar-refractivity contribution is 0.628. The van der Waals surface area contributed by atoms with Crippen LogP contribution in [0.5, 0.6) is 0 Å². The van der Waals surface area contributed by atoms with Crippen LogP contribution < -0.4 is 5.32 Å². The predicted molar refractivity (Wildman–Crippen MR) is 61.7 cm³/mol. The second-order valence-electron chi connectivity index (χ2n) is 3.45. The van der Waals surface area contributed by atoms with Crippen molar-refractivity contribution >= 4 is 5.69 Å².